The first-order valence-electron chi connectivity index (χ1n) is 6.93. The van der Waals surface area contributed by atoms with Crippen molar-refractivity contribution in [1.29, 1.82) is 0 Å². The van der Waals surface area contributed by atoms with Gasteiger partial charge in [0.1, 0.15) is 5.75 Å². The van der Waals surface area contributed by atoms with Crippen LogP contribution in [0.5, 0.6) is 5.75 Å². The van der Waals surface area contributed by atoms with Gasteiger partial charge >= 0.3 is 0 Å². The number of phenols is 1. The average Bonchev–Trinajstić information content (AvgIpc) is 2.43. The van der Waals surface area contributed by atoms with Gasteiger partial charge in [-0.25, -0.2) is 0 Å². The van der Waals surface area contributed by atoms with Crippen molar-refractivity contribution in [2.45, 2.75) is 38.5 Å². The van der Waals surface area contributed by atoms with E-state index in [1.165, 1.54) is 0 Å². The van der Waals surface area contributed by atoms with Gasteiger partial charge < -0.3 is 20.5 Å². The van der Waals surface area contributed by atoms with E-state index in [9.17, 15) is 9.90 Å². The summed E-state index contributed by atoms with van der Waals surface area (Å²) in [6, 6.07) is 6.27. The van der Waals surface area contributed by atoms with Crippen LogP contribution in [-0.2, 0) is 16.0 Å². The second-order valence-electron chi connectivity index (χ2n) is 5.46. The van der Waals surface area contributed by atoms with Crippen LogP contribution in [0.1, 0.15) is 19.4 Å². The van der Waals surface area contributed by atoms with Crippen LogP contribution in [0.3, 0.4) is 0 Å². The summed E-state index contributed by atoms with van der Waals surface area (Å²) in [6.07, 6.45) is 0.522. The van der Waals surface area contributed by atoms with Gasteiger partial charge in [0.15, 0.2) is 0 Å². The van der Waals surface area contributed by atoms with E-state index in [0.717, 1.165) is 5.56 Å². The molecule has 0 saturated carbocycles. The zero-order valence-corrected chi connectivity index (χ0v) is 12.0. The van der Waals surface area contributed by atoms with E-state index in [0.29, 0.717) is 19.6 Å². The molecule has 5 heteroatoms. The van der Waals surface area contributed by atoms with Crippen molar-refractivity contribution < 1.29 is 14.6 Å². The molecule has 0 aliphatic carbocycles. The number of carbonyl (C=O) groups excluding carboxylic acids is 1. The second kappa shape index (κ2) is 6.24. The van der Waals surface area contributed by atoms with Gasteiger partial charge in [-0.3, -0.25) is 4.79 Å². The molecular formula is C15H22N2O3. The fourth-order valence-corrected chi connectivity index (χ4v) is 2.40. The molecule has 1 saturated heterocycles. The third-order valence-corrected chi connectivity index (χ3v) is 3.60. The van der Waals surface area contributed by atoms with Crippen molar-refractivity contribution in [3.8, 4) is 5.75 Å². The number of morpholine rings is 1. The number of nitrogens with zero attached hydrogens (tertiary/aromatic N) is 1. The topological polar surface area (TPSA) is 75.8 Å². The van der Waals surface area contributed by atoms with Gasteiger partial charge in [-0.2, -0.15) is 0 Å². The third kappa shape index (κ3) is 3.49. The van der Waals surface area contributed by atoms with E-state index in [1.807, 2.05) is 13.8 Å². The van der Waals surface area contributed by atoms with Gasteiger partial charge in [0.25, 0.3) is 0 Å². The lowest BCUT2D eigenvalue weighted by Gasteiger charge is -2.38. The van der Waals surface area contributed by atoms with Crippen LogP contribution < -0.4 is 5.73 Å². The molecule has 2 rings (SSSR count). The van der Waals surface area contributed by atoms with Gasteiger partial charge in [0, 0.05) is 6.54 Å². The fraction of sp³-hybridized carbons (Fsp3) is 0.533. The number of ether oxygens (including phenoxy) is 1. The summed E-state index contributed by atoms with van der Waals surface area (Å²) in [5.41, 5.74) is 6.97. The van der Waals surface area contributed by atoms with Gasteiger partial charge in [-0.05, 0) is 38.0 Å². The maximum absolute atomic E-state index is 12.4. The van der Waals surface area contributed by atoms with Crippen LogP contribution in [0.4, 0.5) is 0 Å². The summed E-state index contributed by atoms with van der Waals surface area (Å²) < 4.78 is 5.52. The lowest BCUT2D eigenvalue weighted by molar-refractivity contribution is -0.144. The lowest BCUT2D eigenvalue weighted by Crippen LogP contribution is -2.55. The molecule has 20 heavy (non-hydrogen) atoms. The minimum atomic E-state index is -0.563. The van der Waals surface area contributed by atoms with E-state index >= 15 is 0 Å². The molecule has 1 aliphatic rings. The van der Waals surface area contributed by atoms with Crippen molar-refractivity contribution in [2.24, 2.45) is 5.73 Å². The van der Waals surface area contributed by atoms with Crippen LogP contribution in [0.25, 0.3) is 0 Å². The maximum atomic E-state index is 12.4. The Morgan fingerprint density at radius 3 is 2.75 bits per heavy atom. The fourth-order valence-electron chi connectivity index (χ4n) is 2.40. The monoisotopic (exact) mass is 278 g/mol. The Labute approximate surface area is 119 Å². The minimum absolute atomic E-state index is 0.0410. The molecule has 5 nitrogen and oxygen atoms in total. The Morgan fingerprint density at radius 1 is 1.45 bits per heavy atom. The van der Waals surface area contributed by atoms with E-state index < -0.39 is 6.04 Å². The van der Waals surface area contributed by atoms with Crippen LogP contribution in [0.15, 0.2) is 24.3 Å². The van der Waals surface area contributed by atoms with Crippen LogP contribution in [-0.4, -0.2) is 47.3 Å². The molecule has 3 atom stereocenters. The smallest absolute Gasteiger partial charge is 0.240 e. The summed E-state index contributed by atoms with van der Waals surface area (Å²) in [7, 11) is 0. The molecule has 1 aromatic rings. The normalized spacial score (nSPS) is 24.4. The number of aromatic hydroxyl groups is 1. The van der Waals surface area contributed by atoms with Crippen molar-refractivity contribution in [3.05, 3.63) is 29.8 Å². The number of nitrogens with two attached hydrogens (primary N) is 1. The van der Waals surface area contributed by atoms with Gasteiger partial charge in [0.2, 0.25) is 5.91 Å². The van der Waals surface area contributed by atoms with E-state index in [4.69, 9.17) is 10.5 Å². The third-order valence-electron chi connectivity index (χ3n) is 3.60. The lowest BCUT2D eigenvalue weighted by atomic mass is 10.0. The number of amides is 1. The summed E-state index contributed by atoms with van der Waals surface area (Å²) in [4.78, 5) is 14.2. The van der Waals surface area contributed by atoms with Crippen LogP contribution in [0, 0.1) is 0 Å². The molecule has 3 N–H and O–H groups in total. The first-order chi connectivity index (χ1) is 9.47. The molecule has 0 spiro atoms. The molecule has 0 radical (unpaired) electrons. The van der Waals surface area contributed by atoms with Crippen molar-refractivity contribution in [3.63, 3.8) is 0 Å². The zero-order chi connectivity index (χ0) is 14.7. The predicted octanol–water partition coefficient (Wildman–Crippen LogP) is 0.898. The number of benzene rings is 1. The van der Waals surface area contributed by atoms with Crippen LogP contribution in [0.2, 0.25) is 0 Å². The first kappa shape index (κ1) is 14.8. The molecule has 1 heterocycles. The maximum Gasteiger partial charge on any atom is 0.240 e. The van der Waals surface area contributed by atoms with E-state index in [1.54, 1.807) is 29.2 Å². The summed E-state index contributed by atoms with van der Waals surface area (Å²) in [5, 5.41) is 9.25. The zero-order valence-electron chi connectivity index (χ0n) is 12.0. The Morgan fingerprint density at radius 2 is 2.10 bits per heavy atom. The van der Waals surface area contributed by atoms with E-state index in [2.05, 4.69) is 0 Å². The summed E-state index contributed by atoms with van der Waals surface area (Å²) >= 11 is 0. The van der Waals surface area contributed by atoms with Crippen molar-refractivity contribution >= 4 is 5.91 Å². The highest BCUT2D eigenvalue weighted by molar-refractivity contribution is 5.82. The van der Waals surface area contributed by atoms with E-state index in [-0.39, 0.29) is 23.8 Å². The van der Waals surface area contributed by atoms with Crippen molar-refractivity contribution in [1.82, 2.24) is 4.90 Å². The highest BCUT2D eigenvalue weighted by Gasteiger charge is 2.30. The largest absolute Gasteiger partial charge is 0.508 e. The molecular weight excluding hydrogens is 256 g/mol. The van der Waals surface area contributed by atoms with Gasteiger partial charge in [-0.15, -0.1) is 0 Å². The Kier molecular flexibility index (Phi) is 4.62. The SMILES string of the molecule is CC1CN(C(=O)[C@@H](N)Cc2ccc(O)cc2)C(C)CO1. The molecule has 0 aromatic heterocycles. The highest BCUT2D eigenvalue weighted by atomic mass is 16.5. The minimum Gasteiger partial charge on any atom is -0.508 e. The number of rotatable bonds is 3. The number of carbonyl (C=O) groups is 1. The molecule has 0 bridgehead atoms. The molecule has 110 valence electrons. The Hall–Kier alpha value is -1.59. The highest BCUT2D eigenvalue weighted by Crippen LogP contribution is 2.15. The first-order valence-corrected chi connectivity index (χ1v) is 6.93. The molecule has 1 amide bonds. The van der Waals surface area contributed by atoms with Crippen molar-refractivity contribution in [2.75, 3.05) is 13.2 Å². The van der Waals surface area contributed by atoms with Gasteiger partial charge in [-0.1, -0.05) is 12.1 Å². The van der Waals surface area contributed by atoms with Gasteiger partial charge in [0.05, 0.1) is 24.8 Å². The number of phenolic OH excluding ortho intramolecular Hbond substituents is 1. The number of hydrogen-bond donors (Lipinski definition) is 2. The molecule has 2 unspecified atom stereocenters. The second-order valence-corrected chi connectivity index (χ2v) is 5.46. The number of hydrogen-bond acceptors (Lipinski definition) is 4. The predicted molar refractivity (Wildman–Crippen MR) is 76.4 cm³/mol. The Balaban J connectivity index is 1.99. The summed E-state index contributed by atoms with van der Waals surface area (Å²) in [5.74, 6) is 0.171. The molecule has 1 fully saturated rings. The standard InChI is InChI=1S/C15H22N2O3/c1-10-9-20-11(2)8-17(10)15(19)14(16)7-12-3-5-13(18)6-4-12/h3-6,10-11,14,18H,7-9,16H2,1-2H3/t10?,11?,14-/m0/s1. The molecule has 1 aliphatic heterocycles. The molecule has 1 aromatic carbocycles. The van der Waals surface area contributed by atoms with Crippen LogP contribution >= 0.6 is 0 Å². The average molecular weight is 278 g/mol. The Bertz CT molecular complexity index is 461. The summed E-state index contributed by atoms with van der Waals surface area (Å²) in [6.45, 7) is 5.07. The quantitative estimate of drug-likeness (QED) is 0.861.